The van der Waals surface area contributed by atoms with Crippen LogP contribution in [-0.2, 0) is 14.2 Å². The second kappa shape index (κ2) is 6.41. The average Bonchev–Trinajstić information content (AvgIpc) is 3.20. The molecule has 9 nitrogen and oxygen atoms in total. The molecule has 0 spiro atoms. The maximum atomic E-state index is 6.31. The summed E-state index contributed by atoms with van der Waals surface area (Å²) in [5.41, 5.74) is 7.10. The van der Waals surface area contributed by atoms with Crippen molar-refractivity contribution in [2.45, 2.75) is 58.0 Å². The number of imidazole rings is 1. The highest BCUT2D eigenvalue weighted by Crippen LogP contribution is 2.43. The lowest BCUT2D eigenvalue weighted by Crippen LogP contribution is -2.38. The van der Waals surface area contributed by atoms with Gasteiger partial charge < -0.3 is 25.3 Å². The van der Waals surface area contributed by atoms with Crippen LogP contribution in [0.1, 0.15) is 33.9 Å². The molecule has 2 aliphatic rings. The fourth-order valence-corrected chi connectivity index (χ4v) is 3.62. The van der Waals surface area contributed by atoms with Gasteiger partial charge in [0.1, 0.15) is 30.2 Å². The van der Waals surface area contributed by atoms with Crippen LogP contribution >= 0.6 is 0 Å². The molecule has 2 fully saturated rings. The molecule has 0 bridgehead atoms. The van der Waals surface area contributed by atoms with E-state index in [-0.39, 0.29) is 24.5 Å². The Morgan fingerprint density at radius 1 is 1.23 bits per heavy atom. The molecule has 2 aromatic rings. The number of anilines is 1. The van der Waals surface area contributed by atoms with Crippen molar-refractivity contribution in [3.8, 4) is 0 Å². The number of nitrogens with two attached hydrogens (primary N) is 1. The summed E-state index contributed by atoms with van der Waals surface area (Å²) < 4.78 is 20.4. The number of nitrogens with zero attached hydrogens (tertiary/aromatic N) is 4. The molecule has 0 aromatic carbocycles. The lowest BCUT2D eigenvalue weighted by Gasteiger charge is -2.25. The van der Waals surface area contributed by atoms with Gasteiger partial charge in [-0.3, -0.25) is 4.57 Å². The molecule has 0 aliphatic carbocycles. The standard InChI is InChI=1S/C17H26N6O3/c1-9(2)5-19-6-10-12-13(26-17(3,4)25-12)16(24-10)23-8-22-11-14(18)20-7-21-15(11)23/h7-10,12-13,16,19H,5-6H2,1-4H3,(H2,18,20,21)/t10-,12-,13-,16-/m1/s1. The zero-order valence-electron chi connectivity index (χ0n) is 15.5. The number of nitrogen functional groups attached to an aromatic ring is 1. The minimum absolute atomic E-state index is 0.123. The van der Waals surface area contributed by atoms with E-state index in [4.69, 9.17) is 19.9 Å². The molecule has 4 heterocycles. The molecule has 4 rings (SSSR count). The van der Waals surface area contributed by atoms with Crippen LogP contribution in [-0.4, -0.2) is 56.7 Å². The number of nitrogens with one attached hydrogen (secondary N) is 1. The molecule has 26 heavy (non-hydrogen) atoms. The van der Waals surface area contributed by atoms with E-state index < -0.39 is 5.79 Å². The Hall–Kier alpha value is -1.81. The quantitative estimate of drug-likeness (QED) is 0.813. The number of aromatic nitrogens is 4. The van der Waals surface area contributed by atoms with Crippen LogP contribution in [0.15, 0.2) is 12.7 Å². The highest BCUT2D eigenvalue weighted by molar-refractivity contribution is 5.81. The Kier molecular flexibility index (Phi) is 4.34. The minimum Gasteiger partial charge on any atom is -0.382 e. The molecule has 2 aliphatic heterocycles. The van der Waals surface area contributed by atoms with Crippen LogP contribution in [0, 0.1) is 5.92 Å². The van der Waals surface area contributed by atoms with Crippen molar-refractivity contribution >= 4 is 17.0 Å². The first-order valence-electron chi connectivity index (χ1n) is 9.00. The zero-order valence-corrected chi connectivity index (χ0v) is 15.5. The zero-order chi connectivity index (χ0) is 18.5. The number of hydrogen-bond donors (Lipinski definition) is 2. The normalized spacial score (nSPS) is 30.3. The van der Waals surface area contributed by atoms with Crippen LogP contribution in [0.5, 0.6) is 0 Å². The summed E-state index contributed by atoms with van der Waals surface area (Å²) in [6.45, 7) is 9.81. The Labute approximate surface area is 152 Å². The van der Waals surface area contributed by atoms with Crippen LogP contribution in [0.4, 0.5) is 5.82 Å². The van der Waals surface area contributed by atoms with E-state index in [1.165, 1.54) is 6.33 Å². The molecular weight excluding hydrogens is 336 g/mol. The van der Waals surface area contributed by atoms with Crippen molar-refractivity contribution in [3.05, 3.63) is 12.7 Å². The summed E-state index contributed by atoms with van der Waals surface area (Å²) in [5, 5.41) is 3.45. The summed E-state index contributed by atoms with van der Waals surface area (Å²) in [6.07, 6.45) is 2.19. The Bertz CT molecular complexity index is 792. The molecule has 3 N–H and O–H groups in total. The maximum absolute atomic E-state index is 6.31. The first-order valence-corrected chi connectivity index (χ1v) is 9.00. The Balaban J connectivity index is 1.62. The van der Waals surface area contributed by atoms with Gasteiger partial charge in [0, 0.05) is 6.54 Å². The van der Waals surface area contributed by atoms with Crippen LogP contribution in [0.3, 0.4) is 0 Å². The fourth-order valence-electron chi connectivity index (χ4n) is 3.62. The third-order valence-electron chi connectivity index (χ3n) is 4.68. The molecule has 142 valence electrons. The second-order valence-corrected chi connectivity index (χ2v) is 7.76. The van der Waals surface area contributed by atoms with Crippen LogP contribution < -0.4 is 11.1 Å². The number of hydrogen-bond acceptors (Lipinski definition) is 8. The van der Waals surface area contributed by atoms with E-state index in [9.17, 15) is 0 Å². The SMILES string of the molecule is CC(C)CNC[C@H]1O[C@@H](n2cnc3c(N)ncnc32)[C@@H]2OC(C)(C)O[C@@H]21. The highest BCUT2D eigenvalue weighted by atomic mass is 16.8. The summed E-state index contributed by atoms with van der Waals surface area (Å²) in [6, 6.07) is 0. The average molecular weight is 362 g/mol. The van der Waals surface area contributed by atoms with Crippen molar-refractivity contribution in [2.75, 3.05) is 18.8 Å². The molecular formula is C17H26N6O3. The molecule has 0 saturated carbocycles. The monoisotopic (exact) mass is 362 g/mol. The molecule has 0 radical (unpaired) electrons. The van der Waals surface area contributed by atoms with Gasteiger partial charge in [-0.15, -0.1) is 0 Å². The lowest BCUT2D eigenvalue weighted by molar-refractivity contribution is -0.195. The van der Waals surface area contributed by atoms with Gasteiger partial charge in [0.2, 0.25) is 0 Å². The van der Waals surface area contributed by atoms with Crippen molar-refractivity contribution in [2.24, 2.45) is 5.92 Å². The molecule has 4 atom stereocenters. The van der Waals surface area contributed by atoms with Gasteiger partial charge >= 0.3 is 0 Å². The maximum Gasteiger partial charge on any atom is 0.167 e. The van der Waals surface area contributed by atoms with E-state index in [1.807, 2.05) is 18.4 Å². The summed E-state index contributed by atoms with van der Waals surface area (Å²) in [4.78, 5) is 12.7. The van der Waals surface area contributed by atoms with Crippen molar-refractivity contribution in [3.63, 3.8) is 0 Å². The van der Waals surface area contributed by atoms with Gasteiger partial charge in [0.25, 0.3) is 0 Å². The number of rotatable bonds is 5. The van der Waals surface area contributed by atoms with E-state index in [2.05, 4.69) is 34.1 Å². The van der Waals surface area contributed by atoms with Gasteiger partial charge in [-0.05, 0) is 26.3 Å². The third-order valence-corrected chi connectivity index (χ3v) is 4.68. The number of ether oxygens (including phenoxy) is 3. The van der Waals surface area contributed by atoms with Crippen LogP contribution in [0.2, 0.25) is 0 Å². The molecule has 0 unspecified atom stereocenters. The largest absolute Gasteiger partial charge is 0.382 e. The Morgan fingerprint density at radius 2 is 2.00 bits per heavy atom. The Morgan fingerprint density at radius 3 is 2.77 bits per heavy atom. The second-order valence-electron chi connectivity index (χ2n) is 7.76. The smallest absolute Gasteiger partial charge is 0.167 e. The lowest BCUT2D eigenvalue weighted by atomic mass is 10.1. The topological polar surface area (TPSA) is 109 Å². The van der Waals surface area contributed by atoms with E-state index in [0.717, 1.165) is 6.54 Å². The number of fused-ring (bicyclic) bond motifs is 2. The van der Waals surface area contributed by atoms with Crippen molar-refractivity contribution in [1.29, 1.82) is 0 Å². The van der Waals surface area contributed by atoms with E-state index >= 15 is 0 Å². The molecule has 2 saturated heterocycles. The first-order chi connectivity index (χ1) is 12.4. The highest BCUT2D eigenvalue weighted by Gasteiger charge is 2.55. The summed E-state index contributed by atoms with van der Waals surface area (Å²) in [7, 11) is 0. The van der Waals surface area contributed by atoms with Crippen molar-refractivity contribution in [1.82, 2.24) is 24.8 Å². The molecule has 0 amide bonds. The molecule has 9 heteroatoms. The van der Waals surface area contributed by atoms with Gasteiger partial charge in [0.05, 0.1) is 6.33 Å². The van der Waals surface area contributed by atoms with Crippen LogP contribution in [0.25, 0.3) is 11.2 Å². The van der Waals surface area contributed by atoms with E-state index in [1.54, 1.807) is 6.33 Å². The summed E-state index contributed by atoms with van der Waals surface area (Å²) in [5.74, 6) is 0.262. The third kappa shape index (κ3) is 3.05. The molecule has 2 aromatic heterocycles. The minimum atomic E-state index is -0.655. The first kappa shape index (κ1) is 17.6. The van der Waals surface area contributed by atoms with Gasteiger partial charge in [0.15, 0.2) is 23.5 Å². The van der Waals surface area contributed by atoms with Crippen molar-refractivity contribution < 1.29 is 14.2 Å². The van der Waals surface area contributed by atoms with Gasteiger partial charge in [-0.1, -0.05) is 13.8 Å². The summed E-state index contributed by atoms with van der Waals surface area (Å²) >= 11 is 0. The predicted octanol–water partition coefficient (Wildman–Crippen LogP) is 1.07. The van der Waals surface area contributed by atoms with Gasteiger partial charge in [-0.25, -0.2) is 15.0 Å². The van der Waals surface area contributed by atoms with E-state index in [0.29, 0.717) is 29.4 Å². The predicted molar refractivity (Wildman–Crippen MR) is 95.2 cm³/mol. The fraction of sp³-hybridized carbons (Fsp3) is 0.706. The van der Waals surface area contributed by atoms with Gasteiger partial charge in [-0.2, -0.15) is 0 Å².